The summed E-state index contributed by atoms with van der Waals surface area (Å²) < 4.78 is 5.37. The van der Waals surface area contributed by atoms with Crippen molar-refractivity contribution in [1.82, 2.24) is 4.98 Å². The van der Waals surface area contributed by atoms with Gasteiger partial charge in [0.05, 0.1) is 17.0 Å². The van der Waals surface area contributed by atoms with Crippen LogP contribution < -0.4 is 11.1 Å². The molecule has 0 radical (unpaired) electrons. The SMILES string of the molecule is C/C(=N\Nc1nc(-c2cc3cc(Cl)ccc3oc2=O)cs1)c1ccccc1. The summed E-state index contributed by atoms with van der Waals surface area (Å²) >= 11 is 7.39. The molecule has 7 heteroatoms. The average molecular weight is 396 g/mol. The molecule has 1 N–H and O–H groups in total. The second kappa shape index (κ2) is 7.34. The number of anilines is 1. The first-order valence-corrected chi connectivity index (χ1v) is 9.41. The van der Waals surface area contributed by atoms with Crippen molar-refractivity contribution in [3.05, 3.63) is 81.0 Å². The smallest absolute Gasteiger partial charge is 0.345 e. The molecule has 5 nitrogen and oxygen atoms in total. The molecule has 134 valence electrons. The molecule has 0 aliphatic carbocycles. The summed E-state index contributed by atoms with van der Waals surface area (Å²) in [6, 6.07) is 16.7. The number of hydrazone groups is 1. The summed E-state index contributed by atoms with van der Waals surface area (Å²) in [5.74, 6) is 0. The van der Waals surface area contributed by atoms with Gasteiger partial charge in [0.25, 0.3) is 0 Å². The van der Waals surface area contributed by atoms with Gasteiger partial charge in [0.2, 0.25) is 5.13 Å². The van der Waals surface area contributed by atoms with Crippen LogP contribution in [0.15, 0.2) is 74.3 Å². The molecule has 2 aromatic carbocycles. The Labute approximate surface area is 164 Å². The van der Waals surface area contributed by atoms with Crippen LogP contribution in [0.3, 0.4) is 0 Å². The Balaban J connectivity index is 1.62. The van der Waals surface area contributed by atoms with E-state index in [1.54, 1.807) is 29.6 Å². The molecule has 0 amide bonds. The summed E-state index contributed by atoms with van der Waals surface area (Å²) in [5.41, 5.74) is 5.77. The van der Waals surface area contributed by atoms with Crippen molar-refractivity contribution in [2.24, 2.45) is 5.10 Å². The van der Waals surface area contributed by atoms with Crippen molar-refractivity contribution < 1.29 is 4.42 Å². The first-order valence-electron chi connectivity index (χ1n) is 8.15. The molecule has 27 heavy (non-hydrogen) atoms. The van der Waals surface area contributed by atoms with Gasteiger partial charge in [0.1, 0.15) is 5.58 Å². The molecule has 0 saturated heterocycles. The van der Waals surface area contributed by atoms with Crippen molar-refractivity contribution in [2.75, 3.05) is 5.43 Å². The molecule has 0 saturated carbocycles. The monoisotopic (exact) mass is 395 g/mol. The predicted octanol–water partition coefficient (Wildman–Crippen LogP) is 5.41. The molecule has 2 aromatic heterocycles. The van der Waals surface area contributed by atoms with E-state index in [0.29, 0.717) is 27.0 Å². The van der Waals surface area contributed by atoms with Crippen molar-refractivity contribution in [1.29, 1.82) is 0 Å². The Morgan fingerprint density at radius 1 is 1.19 bits per heavy atom. The number of thiazole rings is 1. The van der Waals surface area contributed by atoms with E-state index in [4.69, 9.17) is 16.0 Å². The van der Waals surface area contributed by atoms with Gasteiger partial charge in [-0.1, -0.05) is 41.9 Å². The van der Waals surface area contributed by atoms with Crippen LogP contribution in [-0.4, -0.2) is 10.7 Å². The van der Waals surface area contributed by atoms with Gasteiger partial charge in [-0.25, -0.2) is 9.78 Å². The molecular formula is C20H14ClN3O2S. The third-order valence-electron chi connectivity index (χ3n) is 3.99. The van der Waals surface area contributed by atoms with E-state index in [-0.39, 0.29) is 0 Å². The Hall–Kier alpha value is -2.96. The minimum atomic E-state index is -0.439. The number of nitrogens with zero attached hydrogens (tertiary/aromatic N) is 2. The largest absolute Gasteiger partial charge is 0.422 e. The molecule has 2 heterocycles. The quantitative estimate of drug-likeness (QED) is 0.285. The van der Waals surface area contributed by atoms with Crippen LogP contribution in [0.2, 0.25) is 5.02 Å². The van der Waals surface area contributed by atoms with Crippen LogP contribution in [0.4, 0.5) is 5.13 Å². The maximum atomic E-state index is 12.3. The Morgan fingerprint density at radius 2 is 2.00 bits per heavy atom. The molecule has 0 bridgehead atoms. The summed E-state index contributed by atoms with van der Waals surface area (Å²) in [4.78, 5) is 16.7. The maximum absolute atomic E-state index is 12.3. The summed E-state index contributed by atoms with van der Waals surface area (Å²) in [5, 5.41) is 8.06. The highest BCUT2D eigenvalue weighted by atomic mass is 35.5. The Bertz CT molecular complexity index is 1200. The lowest BCUT2D eigenvalue weighted by molar-refractivity contribution is 0.563. The molecule has 4 aromatic rings. The lowest BCUT2D eigenvalue weighted by Crippen LogP contribution is -2.03. The number of hydrogen-bond donors (Lipinski definition) is 1. The minimum absolute atomic E-state index is 0.387. The minimum Gasteiger partial charge on any atom is -0.422 e. The predicted molar refractivity (Wildman–Crippen MR) is 111 cm³/mol. The highest BCUT2D eigenvalue weighted by molar-refractivity contribution is 7.14. The van der Waals surface area contributed by atoms with Gasteiger partial charge >= 0.3 is 5.63 Å². The topological polar surface area (TPSA) is 67.5 Å². The van der Waals surface area contributed by atoms with Crippen LogP contribution in [0, 0.1) is 0 Å². The van der Waals surface area contributed by atoms with Crippen LogP contribution in [0.25, 0.3) is 22.2 Å². The van der Waals surface area contributed by atoms with Gasteiger partial charge in [-0.15, -0.1) is 11.3 Å². The number of nitrogens with one attached hydrogen (secondary N) is 1. The van der Waals surface area contributed by atoms with E-state index in [9.17, 15) is 4.79 Å². The highest BCUT2D eigenvalue weighted by Crippen LogP contribution is 2.26. The molecule has 0 unspecified atom stereocenters. The fourth-order valence-corrected chi connectivity index (χ4v) is 3.43. The zero-order valence-electron chi connectivity index (χ0n) is 14.3. The van der Waals surface area contributed by atoms with Gasteiger partial charge in [0.15, 0.2) is 0 Å². The number of halogens is 1. The molecule has 4 rings (SSSR count). The summed E-state index contributed by atoms with van der Waals surface area (Å²) in [7, 11) is 0. The van der Waals surface area contributed by atoms with Crippen LogP contribution in [-0.2, 0) is 0 Å². The number of benzene rings is 2. The molecule has 0 aliphatic rings. The van der Waals surface area contributed by atoms with Crippen molar-refractivity contribution in [2.45, 2.75) is 6.92 Å². The number of aromatic nitrogens is 1. The van der Waals surface area contributed by atoms with Gasteiger partial charge in [-0.3, -0.25) is 5.43 Å². The summed E-state index contributed by atoms with van der Waals surface area (Å²) in [6.45, 7) is 1.92. The molecule has 0 aliphatic heterocycles. The lowest BCUT2D eigenvalue weighted by Gasteiger charge is -2.01. The maximum Gasteiger partial charge on any atom is 0.345 e. The number of hydrogen-bond acceptors (Lipinski definition) is 6. The third kappa shape index (κ3) is 3.77. The normalized spacial score (nSPS) is 11.7. The van der Waals surface area contributed by atoms with E-state index in [2.05, 4.69) is 15.5 Å². The van der Waals surface area contributed by atoms with E-state index >= 15 is 0 Å². The van der Waals surface area contributed by atoms with Crippen LogP contribution >= 0.6 is 22.9 Å². The zero-order valence-corrected chi connectivity index (χ0v) is 15.8. The Morgan fingerprint density at radius 3 is 2.81 bits per heavy atom. The fourth-order valence-electron chi connectivity index (χ4n) is 2.60. The van der Waals surface area contributed by atoms with Crippen molar-refractivity contribution in [3.63, 3.8) is 0 Å². The van der Waals surface area contributed by atoms with E-state index in [0.717, 1.165) is 16.7 Å². The van der Waals surface area contributed by atoms with E-state index in [1.807, 2.05) is 37.3 Å². The lowest BCUT2D eigenvalue weighted by atomic mass is 10.1. The second-order valence-corrected chi connectivity index (χ2v) is 7.14. The van der Waals surface area contributed by atoms with Crippen LogP contribution in [0.1, 0.15) is 12.5 Å². The van der Waals surface area contributed by atoms with Crippen LogP contribution in [0.5, 0.6) is 0 Å². The van der Waals surface area contributed by atoms with Crippen molar-refractivity contribution in [3.8, 4) is 11.3 Å². The standard InChI is InChI=1S/C20H14ClN3O2S/c1-12(13-5-3-2-4-6-13)23-24-20-22-17(11-27-20)16-10-14-9-15(21)7-8-18(14)26-19(16)25/h2-11H,1H3,(H,22,24)/b23-12+. The number of fused-ring (bicyclic) bond motifs is 1. The fraction of sp³-hybridized carbons (Fsp3) is 0.0500. The Kier molecular flexibility index (Phi) is 4.75. The van der Waals surface area contributed by atoms with Gasteiger partial charge < -0.3 is 4.42 Å². The molecule has 0 fully saturated rings. The van der Waals surface area contributed by atoms with E-state index in [1.165, 1.54) is 11.3 Å². The van der Waals surface area contributed by atoms with E-state index < -0.39 is 5.63 Å². The molecular weight excluding hydrogens is 382 g/mol. The molecule has 0 atom stereocenters. The van der Waals surface area contributed by atoms with Gasteiger partial charge in [0, 0.05) is 15.8 Å². The summed E-state index contributed by atoms with van der Waals surface area (Å²) in [6.07, 6.45) is 0. The van der Waals surface area contributed by atoms with Gasteiger partial charge in [-0.2, -0.15) is 5.10 Å². The van der Waals surface area contributed by atoms with Gasteiger partial charge in [-0.05, 0) is 36.8 Å². The average Bonchev–Trinajstić information content (AvgIpc) is 3.15. The van der Waals surface area contributed by atoms with Crippen molar-refractivity contribution >= 4 is 44.8 Å². The third-order valence-corrected chi connectivity index (χ3v) is 4.97. The highest BCUT2D eigenvalue weighted by Gasteiger charge is 2.12. The first-order chi connectivity index (χ1) is 13.1. The second-order valence-electron chi connectivity index (χ2n) is 5.84. The zero-order chi connectivity index (χ0) is 18.8. The molecule has 0 spiro atoms. The number of rotatable bonds is 4. The first kappa shape index (κ1) is 17.5.